The smallest absolute Gasteiger partial charge is 0.255 e. The molecule has 0 aliphatic heterocycles. The molecular weight excluding hydrogens is 330 g/mol. The van der Waals surface area contributed by atoms with E-state index in [1.165, 1.54) is 11.8 Å². The first-order chi connectivity index (χ1) is 12.3. The van der Waals surface area contributed by atoms with Gasteiger partial charge in [0.05, 0.1) is 0 Å². The number of amides is 3. The summed E-state index contributed by atoms with van der Waals surface area (Å²) in [6.45, 7) is 5.12. The third-order valence-corrected chi connectivity index (χ3v) is 3.92. The van der Waals surface area contributed by atoms with Gasteiger partial charge in [0.25, 0.3) is 5.91 Å². The average Bonchev–Trinajstić information content (AvgIpc) is 2.62. The van der Waals surface area contributed by atoms with Gasteiger partial charge in [-0.15, -0.1) is 0 Å². The number of nitrogens with one attached hydrogen (secondary N) is 2. The SMILES string of the molecule is CC(=O)N(C)c1ccc(NC(=O)c2ccc(NC(=O)C(C)C)cc2)cc1. The molecule has 0 radical (unpaired) electrons. The molecule has 3 amide bonds. The molecule has 0 atom stereocenters. The molecule has 0 saturated heterocycles. The molecule has 0 fully saturated rings. The first kappa shape index (κ1) is 19.2. The van der Waals surface area contributed by atoms with Crippen LogP contribution >= 0.6 is 0 Å². The summed E-state index contributed by atoms with van der Waals surface area (Å²) in [5.41, 5.74) is 2.52. The van der Waals surface area contributed by atoms with E-state index in [0.29, 0.717) is 16.9 Å². The number of benzene rings is 2. The van der Waals surface area contributed by atoms with Crippen molar-refractivity contribution in [3.63, 3.8) is 0 Å². The third-order valence-electron chi connectivity index (χ3n) is 3.92. The molecule has 2 aromatic carbocycles. The van der Waals surface area contributed by atoms with Crippen molar-refractivity contribution in [2.24, 2.45) is 5.92 Å². The van der Waals surface area contributed by atoms with Gasteiger partial charge >= 0.3 is 0 Å². The first-order valence-electron chi connectivity index (χ1n) is 8.34. The number of anilines is 3. The molecule has 26 heavy (non-hydrogen) atoms. The van der Waals surface area contributed by atoms with Crippen LogP contribution in [0.3, 0.4) is 0 Å². The van der Waals surface area contributed by atoms with Gasteiger partial charge < -0.3 is 15.5 Å². The molecule has 0 aliphatic rings. The summed E-state index contributed by atoms with van der Waals surface area (Å²) in [6, 6.07) is 13.7. The highest BCUT2D eigenvalue weighted by molar-refractivity contribution is 6.05. The number of carbonyl (C=O) groups is 3. The topological polar surface area (TPSA) is 78.5 Å². The zero-order valence-corrected chi connectivity index (χ0v) is 15.4. The number of rotatable bonds is 5. The molecule has 2 rings (SSSR count). The minimum Gasteiger partial charge on any atom is -0.326 e. The van der Waals surface area contributed by atoms with Gasteiger partial charge in [-0.3, -0.25) is 14.4 Å². The van der Waals surface area contributed by atoms with Crippen LogP contribution in [0.25, 0.3) is 0 Å². The van der Waals surface area contributed by atoms with Crippen LogP contribution in [0.1, 0.15) is 31.1 Å². The summed E-state index contributed by atoms with van der Waals surface area (Å²) < 4.78 is 0. The molecule has 6 heteroatoms. The molecular formula is C20H23N3O3. The predicted molar refractivity (Wildman–Crippen MR) is 103 cm³/mol. The van der Waals surface area contributed by atoms with Crippen molar-refractivity contribution in [1.29, 1.82) is 0 Å². The Labute approximate surface area is 153 Å². The fraction of sp³-hybridized carbons (Fsp3) is 0.250. The van der Waals surface area contributed by atoms with Crippen molar-refractivity contribution in [1.82, 2.24) is 0 Å². The van der Waals surface area contributed by atoms with E-state index in [4.69, 9.17) is 0 Å². The quantitative estimate of drug-likeness (QED) is 0.863. The lowest BCUT2D eigenvalue weighted by atomic mass is 10.1. The van der Waals surface area contributed by atoms with Crippen LogP contribution in [-0.2, 0) is 9.59 Å². The summed E-state index contributed by atoms with van der Waals surface area (Å²) in [6.07, 6.45) is 0. The number of carbonyl (C=O) groups excluding carboxylic acids is 3. The zero-order valence-electron chi connectivity index (χ0n) is 15.4. The lowest BCUT2D eigenvalue weighted by Crippen LogP contribution is -2.22. The van der Waals surface area contributed by atoms with Gasteiger partial charge in [0, 0.05) is 42.5 Å². The van der Waals surface area contributed by atoms with Crippen LogP contribution in [0.2, 0.25) is 0 Å². The molecule has 0 aliphatic carbocycles. The Kier molecular flexibility index (Phi) is 6.11. The van der Waals surface area contributed by atoms with E-state index in [0.717, 1.165) is 5.69 Å². The molecule has 0 spiro atoms. The summed E-state index contributed by atoms with van der Waals surface area (Å²) in [7, 11) is 1.69. The molecule has 136 valence electrons. The Morgan fingerprint density at radius 1 is 0.846 bits per heavy atom. The van der Waals surface area contributed by atoms with Crippen LogP contribution in [0.15, 0.2) is 48.5 Å². The van der Waals surface area contributed by atoms with Gasteiger partial charge in [0.2, 0.25) is 11.8 Å². The van der Waals surface area contributed by atoms with Gasteiger partial charge in [-0.25, -0.2) is 0 Å². The van der Waals surface area contributed by atoms with Gasteiger partial charge in [0.1, 0.15) is 0 Å². The van der Waals surface area contributed by atoms with E-state index >= 15 is 0 Å². The minimum atomic E-state index is -0.251. The second-order valence-corrected chi connectivity index (χ2v) is 6.30. The fourth-order valence-electron chi connectivity index (χ4n) is 2.14. The standard InChI is InChI=1S/C20H23N3O3/c1-13(2)19(25)21-16-7-5-15(6-8-16)20(26)22-17-9-11-18(12-10-17)23(4)14(3)24/h5-13H,1-4H3,(H,21,25)(H,22,26). The van der Waals surface area contributed by atoms with Gasteiger partial charge in [0.15, 0.2) is 0 Å². The fourth-order valence-corrected chi connectivity index (χ4v) is 2.14. The monoisotopic (exact) mass is 353 g/mol. The highest BCUT2D eigenvalue weighted by Crippen LogP contribution is 2.18. The summed E-state index contributed by atoms with van der Waals surface area (Å²) >= 11 is 0. The Hall–Kier alpha value is -3.15. The molecule has 0 unspecified atom stereocenters. The molecule has 0 saturated carbocycles. The van der Waals surface area contributed by atoms with Gasteiger partial charge in [-0.1, -0.05) is 13.8 Å². The van der Waals surface area contributed by atoms with Gasteiger partial charge in [-0.05, 0) is 48.5 Å². The Balaban J connectivity index is 2.01. The van der Waals surface area contributed by atoms with Crippen molar-refractivity contribution in [3.8, 4) is 0 Å². The predicted octanol–water partition coefficient (Wildman–Crippen LogP) is 3.52. The maximum atomic E-state index is 12.3. The van der Waals surface area contributed by atoms with Gasteiger partial charge in [-0.2, -0.15) is 0 Å². The Morgan fingerprint density at radius 2 is 1.35 bits per heavy atom. The first-order valence-corrected chi connectivity index (χ1v) is 8.34. The lowest BCUT2D eigenvalue weighted by molar-refractivity contribution is -0.119. The second-order valence-electron chi connectivity index (χ2n) is 6.30. The van der Waals surface area contributed by atoms with Crippen LogP contribution in [-0.4, -0.2) is 24.8 Å². The van der Waals surface area contributed by atoms with E-state index in [1.807, 2.05) is 13.8 Å². The molecule has 0 aromatic heterocycles. The van der Waals surface area contributed by atoms with Crippen LogP contribution in [0, 0.1) is 5.92 Å². The highest BCUT2D eigenvalue weighted by Gasteiger charge is 2.10. The molecule has 2 aromatic rings. The third kappa shape index (κ3) is 4.92. The van der Waals surface area contributed by atoms with Crippen molar-refractivity contribution in [2.45, 2.75) is 20.8 Å². The normalized spacial score (nSPS) is 10.3. The number of hydrogen-bond donors (Lipinski definition) is 2. The maximum Gasteiger partial charge on any atom is 0.255 e. The van der Waals surface area contributed by atoms with Crippen molar-refractivity contribution < 1.29 is 14.4 Å². The summed E-state index contributed by atoms with van der Waals surface area (Å²) in [5, 5.41) is 5.58. The Morgan fingerprint density at radius 3 is 1.85 bits per heavy atom. The molecule has 0 bridgehead atoms. The molecule has 2 N–H and O–H groups in total. The summed E-state index contributed by atoms with van der Waals surface area (Å²) in [4.78, 5) is 36.9. The van der Waals surface area contributed by atoms with Crippen molar-refractivity contribution in [2.75, 3.05) is 22.6 Å². The van der Waals surface area contributed by atoms with E-state index in [2.05, 4.69) is 10.6 Å². The molecule has 6 nitrogen and oxygen atoms in total. The number of hydrogen-bond acceptors (Lipinski definition) is 3. The van der Waals surface area contributed by atoms with Crippen LogP contribution < -0.4 is 15.5 Å². The lowest BCUT2D eigenvalue weighted by Gasteiger charge is -2.15. The van der Waals surface area contributed by atoms with E-state index < -0.39 is 0 Å². The Bertz CT molecular complexity index is 796. The van der Waals surface area contributed by atoms with Crippen LogP contribution in [0.5, 0.6) is 0 Å². The highest BCUT2D eigenvalue weighted by atomic mass is 16.2. The van der Waals surface area contributed by atoms with Crippen LogP contribution in [0.4, 0.5) is 17.1 Å². The van der Waals surface area contributed by atoms with E-state index in [9.17, 15) is 14.4 Å². The second kappa shape index (κ2) is 8.29. The minimum absolute atomic E-state index is 0.0635. The zero-order chi connectivity index (χ0) is 19.3. The summed E-state index contributed by atoms with van der Waals surface area (Å²) in [5.74, 6) is -0.494. The largest absolute Gasteiger partial charge is 0.326 e. The average molecular weight is 353 g/mol. The van der Waals surface area contributed by atoms with E-state index in [1.54, 1.807) is 55.6 Å². The maximum absolute atomic E-state index is 12.3. The number of nitrogens with zero attached hydrogens (tertiary/aromatic N) is 1. The van der Waals surface area contributed by atoms with Crippen molar-refractivity contribution >= 4 is 34.8 Å². The van der Waals surface area contributed by atoms with Crippen molar-refractivity contribution in [3.05, 3.63) is 54.1 Å². The van der Waals surface area contributed by atoms with E-state index in [-0.39, 0.29) is 23.6 Å². The molecule has 0 heterocycles.